The van der Waals surface area contributed by atoms with Crippen LogP contribution in [-0.2, 0) is 4.79 Å². The summed E-state index contributed by atoms with van der Waals surface area (Å²) in [5.74, 6) is 0.822. The Labute approximate surface area is 143 Å². The van der Waals surface area contributed by atoms with Gasteiger partial charge in [0.25, 0.3) is 0 Å². The zero-order chi connectivity index (χ0) is 16.9. The van der Waals surface area contributed by atoms with Crippen LogP contribution in [0.1, 0.15) is 38.3 Å². The quantitative estimate of drug-likeness (QED) is 0.919. The molecule has 2 atom stereocenters. The van der Waals surface area contributed by atoms with Crippen LogP contribution >= 0.6 is 0 Å². The molecule has 1 aliphatic rings. The smallest absolute Gasteiger partial charge is 0.236 e. The van der Waals surface area contributed by atoms with Crippen molar-refractivity contribution in [3.05, 3.63) is 48.3 Å². The Hall–Kier alpha value is -2.14. The number of hydrogen-bond acceptors (Lipinski definition) is 3. The lowest BCUT2D eigenvalue weighted by Crippen LogP contribution is -2.43. The van der Waals surface area contributed by atoms with Gasteiger partial charge in [0.05, 0.1) is 12.2 Å². The van der Waals surface area contributed by atoms with Crippen molar-refractivity contribution < 1.29 is 4.79 Å². The van der Waals surface area contributed by atoms with Crippen molar-refractivity contribution in [2.45, 2.75) is 32.7 Å². The molecule has 1 aliphatic heterocycles. The van der Waals surface area contributed by atoms with Crippen molar-refractivity contribution in [2.24, 2.45) is 5.92 Å². The third-order valence-corrected chi connectivity index (χ3v) is 4.71. The summed E-state index contributed by atoms with van der Waals surface area (Å²) < 4.78 is 1.84. The second-order valence-electron chi connectivity index (χ2n) is 6.74. The second-order valence-corrected chi connectivity index (χ2v) is 6.74. The van der Waals surface area contributed by atoms with Crippen LogP contribution in [0.3, 0.4) is 0 Å². The predicted octanol–water partition coefficient (Wildman–Crippen LogP) is 2.78. The Morgan fingerprint density at radius 1 is 1.42 bits per heavy atom. The number of likely N-dealkylation sites (tertiary alicyclic amines) is 1. The minimum atomic E-state index is 0.117. The zero-order valence-corrected chi connectivity index (χ0v) is 14.5. The Kier molecular flexibility index (Phi) is 5.30. The molecule has 24 heavy (non-hydrogen) atoms. The van der Waals surface area contributed by atoms with E-state index in [1.807, 2.05) is 34.0 Å². The van der Waals surface area contributed by atoms with E-state index in [1.54, 1.807) is 6.20 Å². The number of rotatable bonds is 5. The van der Waals surface area contributed by atoms with E-state index >= 15 is 0 Å². The van der Waals surface area contributed by atoms with E-state index in [0.29, 0.717) is 12.5 Å². The summed E-state index contributed by atoms with van der Waals surface area (Å²) in [4.78, 5) is 14.4. The Morgan fingerprint density at radius 3 is 3.04 bits per heavy atom. The number of carbonyl (C=O) groups excluding carboxylic acids is 1. The van der Waals surface area contributed by atoms with Gasteiger partial charge in [0.1, 0.15) is 0 Å². The lowest BCUT2D eigenvalue weighted by molar-refractivity contribution is -0.132. The van der Waals surface area contributed by atoms with E-state index < -0.39 is 0 Å². The first-order valence-electron chi connectivity index (χ1n) is 8.74. The molecule has 3 rings (SSSR count). The van der Waals surface area contributed by atoms with Gasteiger partial charge in [0.15, 0.2) is 0 Å². The molecular formula is C19H26N4O. The van der Waals surface area contributed by atoms with Crippen molar-refractivity contribution in [1.29, 1.82) is 0 Å². The third-order valence-electron chi connectivity index (χ3n) is 4.71. The highest BCUT2D eigenvalue weighted by Crippen LogP contribution is 2.18. The number of carbonyl (C=O) groups is 1. The van der Waals surface area contributed by atoms with Crippen LogP contribution in [0.2, 0.25) is 0 Å². The van der Waals surface area contributed by atoms with Crippen LogP contribution in [0.25, 0.3) is 5.69 Å². The number of nitrogens with zero attached hydrogens (tertiary/aromatic N) is 3. The standard InChI is InChI=1S/C19H26N4O/c1-15-6-4-10-22(14-15)19(24)13-20-16(2)17-7-3-8-18(12-17)23-11-5-9-21-23/h3,5,7-9,11-12,15-16,20H,4,6,10,13-14H2,1-2H3/t15-,16+/m1/s1. The summed E-state index contributed by atoms with van der Waals surface area (Å²) in [5, 5.41) is 7.63. The molecule has 1 aromatic heterocycles. The minimum Gasteiger partial charge on any atom is -0.341 e. The van der Waals surface area contributed by atoms with E-state index in [0.717, 1.165) is 30.8 Å². The van der Waals surface area contributed by atoms with Crippen molar-refractivity contribution in [2.75, 3.05) is 19.6 Å². The van der Waals surface area contributed by atoms with E-state index in [9.17, 15) is 4.79 Å². The average molecular weight is 326 g/mol. The van der Waals surface area contributed by atoms with Crippen molar-refractivity contribution in [3.63, 3.8) is 0 Å². The molecule has 128 valence electrons. The number of hydrogen-bond donors (Lipinski definition) is 1. The lowest BCUT2D eigenvalue weighted by atomic mass is 10.0. The number of piperidine rings is 1. The second kappa shape index (κ2) is 7.62. The summed E-state index contributed by atoms with van der Waals surface area (Å²) in [7, 11) is 0. The van der Waals surface area contributed by atoms with Crippen LogP contribution in [0.4, 0.5) is 0 Å². The average Bonchev–Trinajstić information content (AvgIpc) is 3.14. The predicted molar refractivity (Wildman–Crippen MR) is 95.0 cm³/mol. The van der Waals surface area contributed by atoms with Gasteiger partial charge in [-0.1, -0.05) is 19.1 Å². The number of benzene rings is 1. The summed E-state index contributed by atoms with van der Waals surface area (Å²) in [5.41, 5.74) is 2.19. The molecule has 2 heterocycles. The topological polar surface area (TPSA) is 50.2 Å². The molecule has 5 nitrogen and oxygen atoms in total. The first-order chi connectivity index (χ1) is 11.6. The summed E-state index contributed by atoms with van der Waals surface area (Å²) >= 11 is 0. The normalized spacial score (nSPS) is 19.2. The van der Waals surface area contributed by atoms with Gasteiger partial charge in [-0.25, -0.2) is 4.68 Å². The van der Waals surface area contributed by atoms with Crippen molar-refractivity contribution in [1.82, 2.24) is 20.0 Å². The van der Waals surface area contributed by atoms with Gasteiger partial charge >= 0.3 is 0 Å². The molecule has 1 amide bonds. The van der Waals surface area contributed by atoms with Crippen LogP contribution in [-0.4, -0.2) is 40.2 Å². The molecule has 1 N–H and O–H groups in total. The Bertz CT molecular complexity index is 668. The zero-order valence-electron chi connectivity index (χ0n) is 14.5. The molecule has 1 aromatic carbocycles. The highest BCUT2D eigenvalue weighted by molar-refractivity contribution is 5.78. The number of nitrogens with one attached hydrogen (secondary N) is 1. The summed E-state index contributed by atoms with van der Waals surface area (Å²) in [6.07, 6.45) is 6.05. The van der Waals surface area contributed by atoms with E-state index in [2.05, 4.69) is 36.4 Å². The maximum atomic E-state index is 12.4. The van der Waals surface area contributed by atoms with Crippen LogP contribution in [0.15, 0.2) is 42.7 Å². The lowest BCUT2D eigenvalue weighted by Gasteiger charge is -2.31. The van der Waals surface area contributed by atoms with Crippen molar-refractivity contribution >= 4 is 5.91 Å². The van der Waals surface area contributed by atoms with Gasteiger partial charge in [0.2, 0.25) is 5.91 Å². The molecule has 0 saturated carbocycles. The van der Waals surface area contributed by atoms with Gasteiger partial charge in [-0.2, -0.15) is 5.10 Å². The monoisotopic (exact) mass is 326 g/mol. The first-order valence-corrected chi connectivity index (χ1v) is 8.74. The third kappa shape index (κ3) is 4.03. The van der Waals surface area contributed by atoms with E-state index in [1.165, 1.54) is 6.42 Å². The maximum absolute atomic E-state index is 12.4. The van der Waals surface area contributed by atoms with Gasteiger partial charge < -0.3 is 10.2 Å². The fourth-order valence-corrected chi connectivity index (χ4v) is 3.24. The Balaban J connectivity index is 1.58. The molecule has 0 aliphatic carbocycles. The highest BCUT2D eigenvalue weighted by atomic mass is 16.2. The highest BCUT2D eigenvalue weighted by Gasteiger charge is 2.21. The fourth-order valence-electron chi connectivity index (χ4n) is 3.24. The molecule has 1 fully saturated rings. The molecule has 5 heteroatoms. The first kappa shape index (κ1) is 16.7. The van der Waals surface area contributed by atoms with Crippen molar-refractivity contribution in [3.8, 4) is 5.69 Å². The molecule has 0 unspecified atom stereocenters. The molecule has 1 saturated heterocycles. The van der Waals surface area contributed by atoms with Gasteiger partial charge in [0, 0.05) is 31.5 Å². The van der Waals surface area contributed by atoms with Gasteiger partial charge in [-0.15, -0.1) is 0 Å². The van der Waals surface area contributed by atoms with E-state index in [4.69, 9.17) is 0 Å². The van der Waals surface area contributed by atoms with Crippen LogP contribution < -0.4 is 5.32 Å². The van der Waals surface area contributed by atoms with Gasteiger partial charge in [-0.3, -0.25) is 4.79 Å². The molecule has 0 bridgehead atoms. The SMILES string of the molecule is C[C@@H]1CCCN(C(=O)CN[C@@H](C)c2cccc(-n3cccn3)c2)C1. The molecule has 0 radical (unpaired) electrons. The number of aromatic nitrogens is 2. The largest absolute Gasteiger partial charge is 0.341 e. The molecule has 2 aromatic rings. The maximum Gasteiger partial charge on any atom is 0.236 e. The summed E-state index contributed by atoms with van der Waals surface area (Å²) in [6, 6.07) is 10.3. The molecular weight excluding hydrogens is 300 g/mol. The Morgan fingerprint density at radius 2 is 2.29 bits per heavy atom. The fraction of sp³-hybridized carbons (Fsp3) is 0.474. The van der Waals surface area contributed by atoms with Crippen LogP contribution in [0, 0.1) is 5.92 Å². The number of amides is 1. The van der Waals surface area contributed by atoms with Crippen LogP contribution in [0.5, 0.6) is 0 Å². The molecule has 0 spiro atoms. The van der Waals surface area contributed by atoms with E-state index in [-0.39, 0.29) is 11.9 Å². The van der Waals surface area contributed by atoms with Gasteiger partial charge in [-0.05, 0) is 49.4 Å². The minimum absolute atomic E-state index is 0.117. The summed E-state index contributed by atoms with van der Waals surface area (Å²) in [6.45, 7) is 6.49.